The SMILES string of the molecule is Nc1cc(OCC(F)(F)F)c(C2CCC2)cn1. The fourth-order valence-electron chi connectivity index (χ4n) is 1.77. The van der Waals surface area contributed by atoms with Gasteiger partial charge in [-0.05, 0) is 18.8 Å². The van der Waals surface area contributed by atoms with Gasteiger partial charge in [-0.2, -0.15) is 13.2 Å². The number of halogens is 3. The molecule has 0 saturated heterocycles. The lowest BCUT2D eigenvalue weighted by atomic mass is 9.80. The molecule has 0 aliphatic heterocycles. The predicted molar refractivity (Wildman–Crippen MR) is 56.8 cm³/mol. The molecule has 1 aromatic rings. The average Bonchev–Trinajstić information content (AvgIpc) is 2.14. The second kappa shape index (κ2) is 4.43. The summed E-state index contributed by atoms with van der Waals surface area (Å²) in [6.07, 6.45) is 0.204. The van der Waals surface area contributed by atoms with E-state index in [-0.39, 0.29) is 17.5 Å². The van der Waals surface area contributed by atoms with Crippen LogP contribution >= 0.6 is 0 Å². The van der Waals surface area contributed by atoms with Crippen LogP contribution < -0.4 is 10.5 Å². The van der Waals surface area contributed by atoms with Crippen molar-refractivity contribution < 1.29 is 17.9 Å². The molecule has 2 rings (SSSR count). The molecule has 1 aliphatic carbocycles. The summed E-state index contributed by atoms with van der Waals surface area (Å²) in [5.41, 5.74) is 6.19. The van der Waals surface area contributed by atoms with Gasteiger partial charge in [0.25, 0.3) is 0 Å². The molecule has 2 N–H and O–H groups in total. The van der Waals surface area contributed by atoms with Crippen molar-refractivity contribution in [2.75, 3.05) is 12.3 Å². The van der Waals surface area contributed by atoms with Crippen molar-refractivity contribution in [3.8, 4) is 5.75 Å². The van der Waals surface area contributed by atoms with Crippen molar-refractivity contribution in [2.24, 2.45) is 0 Å². The van der Waals surface area contributed by atoms with Gasteiger partial charge in [0.05, 0.1) is 0 Å². The van der Waals surface area contributed by atoms with Gasteiger partial charge in [-0.15, -0.1) is 0 Å². The number of alkyl halides is 3. The van der Waals surface area contributed by atoms with Crippen LogP contribution in [-0.2, 0) is 0 Å². The summed E-state index contributed by atoms with van der Waals surface area (Å²) in [5.74, 6) is 0.635. The van der Waals surface area contributed by atoms with E-state index in [4.69, 9.17) is 10.5 Å². The smallest absolute Gasteiger partial charge is 0.422 e. The number of nitrogen functional groups attached to an aromatic ring is 1. The van der Waals surface area contributed by atoms with Crippen LogP contribution in [0.3, 0.4) is 0 Å². The summed E-state index contributed by atoms with van der Waals surface area (Å²) >= 11 is 0. The van der Waals surface area contributed by atoms with Gasteiger partial charge in [0.15, 0.2) is 6.61 Å². The van der Waals surface area contributed by atoms with Crippen LogP contribution in [-0.4, -0.2) is 17.8 Å². The Balaban J connectivity index is 2.15. The number of rotatable bonds is 3. The van der Waals surface area contributed by atoms with E-state index in [0.717, 1.165) is 24.8 Å². The van der Waals surface area contributed by atoms with Crippen LogP contribution in [0.2, 0.25) is 0 Å². The van der Waals surface area contributed by atoms with Crippen LogP contribution in [0.25, 0.3) is 0 Å². The monoisotopic (exact) mass is 246 g/mol. The molecule has 1 saturated carbocycles. The number of anilines is 1. The summed E-state index contributed by atoms with van der Waals surface area (Å²) < 4.78 is 41.1. The van der Waals surface area contributed by atoms with E-state index in [1.54, 1.807) is 0 Å². The fraction of sp³-hybridized carbons (Fsp3) is 0.545. The Morgan fingerprint density at radius 1 is 1.41 bits per heavy atom. The molecular formula is C11H13F3N2O. The van der Waals surface area contributed by atoms with Crippen LogP contribution in [0.4, 0.5) is 19.0 Å². The summed E-state index contributed by atoms with van der Waals surface area (Å²) in [6, 6.07) is 1.36. The zero-order chi connectivity index (χ0) is 12.5. The van der Waals surface area contributed by atoms with Gasteiger partial charge in [-0.3, -0.25) is 0 Å². The Labute approximate surface area is 96.8 Å². The minimum Gasteiger partial charge on any atom is -0.484 e. The van der Waals surface area contributed by atoms with Gasteiger partial charge in [-0.25, -0.2) is 4.98 Å². The lowest BCUT2D eigenvalue weighted by Crippen LogP contribution is -2.21. The number of pyridine rings is 1. The van der Waals surface area contributed by atoms with Crippen LogP contribution in [0.1, 0.15) is 30.7 Å². The lowest BCUT2D eigenvalue weighted by molar-refractivity contribution is -0.153. The molecule has 0 aromatic carbocycles. The van der Waals surface area contributed by atoms with E-state index in [9.17, 15) is 13.2 Å². The minimum absolute atomic E-state index is 0.172. The highest BCUT2D eigenvalue weighted by Gasteiger charge is 2.30. The highest BCUT2D eigenvalue weighted by atomic mass is 19.4. The minimum atomic E-state index is -4.34. The second-order valence-electron chi connectivity index (χ2n) is 4.18. The van der Waals surface area contributed by atoms with Crippen LogP contribution in [0.15, 0.2) is 12.3 Å². The summed E-state index contributed by atoms with van der Waals surface area (Å²) in [4.78, 5) is 3.90. The zero-order valence-electron chi connectivity index (χ0n) is 9.13. The lowest BCUT2D eigenvalue weighted by Gasteiger charge is -2.27. The van der Waals surface area contributed by atoms with Crippen molar-refractivity contribution in [2.45, 2.75) is 31.4 Å². The van der Waals surface area contributed by atoms with Gasteiger partial charge in [0, 0.05) is 17.8 Å². The molecule has 3 nitrogen and oxygen atoms in total. The average molecular weight is 246 g/mol. The largest absolute Gasteiger partial charge is 0.484 e. The van der Waals surface area contributed by atoms with Crippen molar-refractivity contribution in [3.63, 3.8) is 0 Å². The van der Waals surface area contributed by atoms with Crippen molar-refractivity contribution in [3.05, 3.63) is 17.8 Å². The van der Waals surface area contributed by atoms with E-state index in [2.05, 4.69) is 4.98 Å². The molecule has 0 radical (unpaired) electrons. The molecular weight excluding hydrogens is 233 g/mol. The van der Waals surface area contributed by atoms with Gasteiger partial charge in [0.1, 0.15) is 11.6 Å². The molecule has 0 amide bonds. The number of nitrogens with two attached hydrogens (primary N) is 1. The second-order valence-corrected chi connectivity index (χ2v) is 4.18. The Hall–Kier alpha value is -1.46. The molecule has 0 spiro atoms. The van der Waals surface area contributed by atoms with Crippen molar-refractivity contribution in [1.82, 2.24) is 4.98 Å². The molecule has 1 fully saturated rings. The third-order valence-corrected chi connectivity index (χ3v) is 2.85. The van der Waals surface area contributed by atoms with Crippen LogP contribution in [0.5, 0.6) is 5.75 Å². The molecule has 0 unspecified atom stereocenters. The Bertz CT molecular complexity index is 402. The quantitative estimate of drug-likeness (QED) is 0.892. The van der Waals surface area contributed by atoms with Gasteiger partial charge < -0.3 is 10.5 Å². The third kappa shape index (κ3) is 3.01. The standard InChI is InChI=1S/C11H13F3N2O/c12-11(13,14)6-17-9-4-10(15)16-5-8(9)7-2-1-3-7/h4-5,7H,1-3,6H2,(H2,15,16). The maximum atomic E-state index is 12.1. The van der Waals surface area contributed by atoms with Crippen LogP contribution in [0, 0.1) is 0 Å². The first kappa shape index (κ1) is 12.0. The van der Waals surface area contributed by atoms with Crippen molar-refractivity contribution >= 4 is 5.82 Å². The van der Waals surface area contributed by atoms with E-state index in [1.165, 1.54) is 12.3 Å². The highest BCUT2D eigenvalue weighted by molar-refractivity contribution is 5.44. The molecule has 17 heavy (non-hydrogen) atoms. The number of nitrogens with zero attached hydrogens (tertiary/aromatic N) is 1. The summed E-state index contributed by atoms with van der Waals surface area (Å²) in [6.45, 7) is -1.30. The Morgan fingerprint density at radius 3 is 2.65 bits per heavy atom. The summed E-state index contributed by atoms with van der Waals surface area (Å²) in [5, 5.41) is 0. The fourth-order valence-corrected chi connectivity index (χ4v) is 1.77. The van der Waals surface area contributed by atoms with Gasteiger partial charge in [-0.1, -0.05) is 6.42 Å². The third-order valence-electron chi connectivity index (χ3n) is 2.85. The number of aromatic nitrogens is 1. The molecule has 1 aliphatic rings. The van der Waals surface area contributed by atoms with E-state index in [1.807, 2.05) is 0 Å². The molecule has 1 aromatic heterocycles. The molecule has 0 atom stereocenters. The normalized spacial score (nSPS) is 16.6. The van der Waals surface area contributed by atoms with E-state index >= 15 is 0 Å². The highest BCUT2D eigenvalue weighted by Crippen LogP contribution is 2.41. The molecule has 1 heterocycles. The number of hydrogen-bond donors (Lipinski definition) is 1. The first-order valence-corrected chi connectivity index (χ1v) is 5.40. The predicted octanol–water partition coefficient (Wildman–Crippen LogP) is 2.87. The van der Waals surface area contributed by atoms with Gasteiger partial charge >= 0.3 is 6.18 Å². The first-order valence-electron chi connectivity index (χ1n) is 5.40. The van der Waals surface area contributed by atoms with Gasteiger partial charge in [0.2, 0.25) is 0 Å². The number of ether oxygens (including phenoxy) is 1. The Kier molecular flexibility index (Phi) is 3.13. The molecule has 0 bridgehead atoms. The summed E-state index contributed by atoms with van der Waals surface area (Å²) in [7, 11) is 0. The Morgan fingerprint density at radius 2 is 2.12 bits per heavy atom. The van der Waals surface area contributed by atoms with E-state index in [0.29, 0.717) is 0 Å². The first-order chi connectivity index (χ1) is 7.96. The van der Waals surface area contributed by atoms with Crippen molar-refractivity contribution in [1.29, 1.82) is 0 Å². The topological polar surface area (TPSA) is 48.1 Å². The molecule has 6 heteroatoms. The maximum absolute atomic E-state index is 12.1. The number of hydrogen-bond acceptors (Lipinski definition) is 3. The zero-order valence-corrected chi connectivity index (χ0v) is 9.13. The van der Waals surface area contributed by atoms with E-state index < -0.39 is 12.8 Å². The maximum Gasteiger partial charge on any atom is 0.422 e. The molecule has 94 valence electrons.